The Morgan fingerprint density at radius 1 is 1.44 bits per heavy atom. The summed E-state index contributed by atoms with van der Waals surface area (Å²) in [5.41, 5.74) is 0.0743. The van der Waals surface area contributed by atoms with Crippen molar-refractivity contribution in [3.63, 3.8) is 0 Å². The van der Waals surface area contributed by atoms with Crippen molar-refractivity contribution in [3.8, 4) is 0 Å². The summed E-state index contributed by atoms with van der Waals surface area (Å²) in [6.07, 6.45) is 0. The molecule has 0 aromatic heterocycles. The van der Waals surface area contributed by atoms with Crippen molar-refractivity contribution in [2.45, 2.75) is 19.9 Å². The Morgan fingerprint density at radius 3 is 2.38 bits per heavy atom. The van der Waals surface area contributed by atoms with Gasteiger partial charge >= 0.3 is 6.03 Å². The molecule has 1 aliphatic rings. The number of nitrogens with zero attached hydrogens (tertiary/aromatic N) is 1. The molecular weight excluding hydrogens is 204 g/mol. The van der Waals surface area contributed by atoms with Crippen LogP contribution in [-0.4, -0.2) is 57.2 Å². The summed E-state index contributed by atoms with van der Waals surface area (Å²) in [5, 5.41) is 9.31. The average molecular weight is 228 g/mol. The van der Waals surface area contributed by atoms with E-state index in [-0.39, 0.29) is 17.5 Å². The highest BCUT2D eigenvalue weighted by molar-refractivity contribution is 5.76. The first kappa shape index (κ1) is 13.3. The monoisotopic (exact) mass is 228 g/mol. The van der Waals surface area contributed by atoms with E-state index >= 15 is 0 Å². The standard InChI is InChI=1S/C11H24N4O/c1-9-5-15(10(16)14-9)8-11(2,6-12-3)7-13-4/h9,12-13H,5-8H2,1-4H3,(H,14,16). The van der Waals surface area contributed by atoms with Crippen molar-refractivity contribution < 1.29 is 4.79 Å². The lowest BCUT2D eigenvalue weighted by Gasteiger charge is -2.33. The number of amides is 2. The fraction of sp³-hybridized carbons (Fsp3) is 0.909. The lowest BCUT2D eigenvalue weighted by Crippen LogP contribution is -2.47. The van der Waals surface area contributed by atoms with Gasteiger partial charge in [0.1, 0.15) is 0 Å². The lowest BCUT2D eigenvalue weighted by atomic mass is 9.89. The van der Waals surface area contributed by atoms with Crippen LogP contribution in [0.15, 0.2) is 0 Å². The van der Waals surface area contributed by atoms with Crippen molar-refractivity contribution in [2.75, 3.05) is 40.3 Å². The van der Waals surface area contributed by atoms with Crippen LogP contribution in [0.2, 0.25) is 0 Å². The van der Waals surface area contributed by atoms with Gasteiger partial charge < -0.3 is 20.9 Å². The van der Waals surface area contributed by atoms with Crippen LogP contribution in [0.1, 0.15) is 13.8 Å². The third-order valence-electron chi connectivity index (χ3n) is 2.93. The van der Waals surface area contributed by atoms with Crippen molar-refractivity contribution in [1.29, 1.82) is 0 Å². The first-order chi connectivity index (χ1) is 7.50. The fourth-order valence-corrected chi connectivity index (χ4v) is 2.39. The van der Waals surface area contributed by atoms with E-state index in [4.69, 9.17) is 0 Å². The minimum atomic E-state index is 0.0610. The summed E-state index contributed by atoms with van der Waals surface area (Å²) in [6.45, 7) is 7.60. The van der Waals surface area contributed by atoms with E-state index < -0.39 is 0 Å². The fourth-order valence-electron chi connectivity index (χ4n) is 2.39. The SMILES string of the molecule is CNCC(C)(CNC)CN1CC(C)NC1=O. The van der Waals surface area contributed by atoms with Gasteiger partial charge in [0.15, 0.2) is 0 Å². The Morgan fingerprint density at radius 2 is 2.00 bits per heavy atom. The molecule has 1 atom stereocenters. The number of carbonyl (C=O) groups excluding carboxylic acids is 1. The second kappa shape index (κ2) is 5.50. The number of carbonyl (C=O) groups is 1. The molecule has 5 nitrogen and oxygen atoms in total. The number of hydrogen-bond donors (Lipinski definition) is 3. The molecule has 1 unspecified atom stereocenters. The van der Waals surface area contributed by atoms with E-state index in [0.29, 0.717) is 0 Å². The topological polar surface area (TPSA) is 56.4 Å². The molecule has 0 saturated carbocycles. The molecule has 0 aromatic carbocycles. The summed E-state index contributed by atoms with van der Waals surface area (Å²) in [4.78, 5) is 13.5. The van der Waals surface area contributed by atoms with Crippen LogP contribution < -0.4 is 16.0 Å². The molecule has 16 heavy (non-hydrogen) atoms. The minimum Gasteiger partial charge on any atom is -0.334 e. The van der Waals surface area contributed by atoms with Gasteiger partial charge in [0.2, 0.25) is 0 Å². The molecule has 0 aliphatic carbocycles. The normalized spacial score (nSPS) is 21.4. The third kappa shape index (κ3) is 3.35. The van der Waals surface area contributed by atoms with Gasteiger partial charge in [0.05, 0.1) is 0 Å². The molecule has 1 rings (SSSR count). The molecule has 5 heteroatoms. The molecule has 0 aromatic rings. The maximum atomic E-state index is 11.6. The van der Waals surface area contributed by atoms with E-state index in [0.717, 1.165) is 26.2 Å². The van der Waals surface area contributed by atoms with E-state index in [9.17, 15) is 4.79 Å². The molecule has 1 aliphatic heterocycles. The molecule has 1 fully saturated rings. The average Bonchev–Trinajstić information content (AvgIpc) is 2.45. The zero-order chi connectivity index (χ0) is 12.2. The van der Waals surface area contributed by atoms with Gasteiger partial charge in [-0.25, -0.2) is 4.79 Å². The van der Waals surface area contributed by atoms with Crippen LogP contribution in [-0.2, 0) is 0 Å². The van der Waals surface area contributed by atoms with Crippen molar-refractivity contribution in [3.05, 3.63) is 0 Å². The quantitative estimate of drug-likeness (QED) is 0.592. The Hall–Kier alpha value is -0.810. The first-order valence-electron chi connectivity index (χ1n) is 5.85. The first-order valence-corrected chi connectivity index (χ1v) is 5.85. The van der Waals surface area contributed by atoms with Crippen molar-refractivity contribution >= 4 is 6.03 Å². The third-order valence-corrected chi connectivity index (χ3v) is 2.93. The summed E-state index contributed by atoms with van der Waals surface area (Å²) in [5.74, 6) is 0. The number of urea groups is 1. The summed E-state index contributed by atoms with van der Waals surface area (Å²) in [6, 6.07) is 0.326. The summed E-state index contributed by atoms with van der Waals surface area (Å²) >= 11 is 0. The second-order valence-electron chi connectivity index (χ2n) is 5.10. The van der Waals surface area contributed by atoms with Gasteiger partial charge in [-0.2, -0.15) is 0 Å². The van der Waals surface area contributed by atoms with E-state index in [1.807, 2.05) is 25.9 Å². The van der Waals surface area contributed by atoms with Crippen LogP contribution in [0.5, 0.6) is 0 Å². The van der Waals surface area contributed by atoms with Gasteiger partial charge in [0, 0.05) is 37.6 Å². The molecule has 3 N–H and O–H groups in total. The van der Waals surface area contributed by atoms with Gasteiger partial charge in [-0.15, -0.1) is 0 Å². The van der Waals surface area contributed by atoms with Crippen LogP contribution in [0.3, 0.4) is 0 Å². The highest BCUT2D eigenvalue weighted by Crippen LogP contribution is 2.18. The zero-order valence-corrected chi connectivity index (χ0v) is 10.8. The molecule has 0 spiro atoms. The molecule has 94 valence electrons. The Bertz CT molecular complexity index is 238. The molecule has 1 heterocycles. The lowest BCUT2D eigenvalue weighted by molar-refractivity contribution is 0.177. The highest BCUT2D eigenvalue weighted by Gasteiger charge is 2.32. The van der Waals surface area contributed by atoms with E-state index in [1.54, 1.807) is 0 Å². The van der Waals surface area contributed by atoms with Gasteiger partial charge in [-0.3, -0.25) is 0 Å². The second-order valence-corrected chi connectivity index (χ2v) is 5.10. The number of hydrogen-bond acceptors (Lipinski definition) is 3. The summed E-state index contributed by atoms with van der Waals surface area (Å²) < 4.78 is 0. The predicted molar refractivity (Wildman–Crippen MR) is 65.5 cm³/mol. The van der Waals surface area contributed by atoms with Crippen molar-refractivity contribution in [1.82, 2.24) is 20.9 Å². The van der Waals surface area contributed by atoms with Gasteiger partial charge in [-0.05, 0) is 21.0 Å². The molecule has 0 bridgehead atoms. The van der Waals surface area contributed by atoms with Crippen LogP contribution in [0.4, 0.5) is 4.79 Å². The highest BCUT2D eigenvalue weighted by atomic mass is 16.2. The van der Waals surface area contributed by atoms with E-state index in [2.05, 4.69) is 22.9 Å². The van der Waals surface area contributed by atoms with Crippen LogP contribution >= 0.6 is 0 Å². The smallest absolute Gasteiger partial charge is 0.317 e. The van der Waals surface area contributed by atoms with Gasteiger partial charge in [0.25, 0.3) is 0 Å². The predicted octanol–water partition coefficient (Wildman–Crippen LogP) is -0.155. The van der Waals surface area contributed by atoms with Crippen LogP contribution in [0.25, 0.3) is 0 Å². The van der Waals surface area contributed by atoms with Crippen molar-refractivity contribution in [2.24, 2.45) is 5.41 Å². The summed E-state index contributed by atoms with van der Waals surface area (Å²) in [7, 11) is 3.89. The van der Waals surface area contributed by atoms with Crippen LogP contribution in [0, 0.1) is 5.41 Å². The largest absolute Gasteiger partial charge is 0.334 e. The maximum Gasteiger partial charge on any atom is 0.317 e. The van der Waals surface area contributed by atoms with Gasteiger partial charge in [-0.1, -0.05) is 6.92 Å². The zero-order valence-electron chi connectivity index (χ0n) is 10.8. The Kier molecular flexibility index (Phi) is 4.56. The maximum absolute atomic E-state index is 11.6. The number of nitrogens with one attached hydrogen (secondary N) is 3. The minimum absolute atomic E-state index is 0.0610. The molecule has 2 amide bonds. The molecular formula is C11H24N4O. The molecule has 1 saturated heterocycles. The molecule has 0 radical (unpaired) electrons. The number of rotatable bonds is 6. The Balaban J connectivity index is 2.57. The van der Waals surface area contributed by atoms with E-state index in [1.165, 1.54) is 0 Å². The Labute approximate surface area is 98.0 Å².